The number of aromatic nitrogens is 2. The average Bonchev–Trinajstić information content (AvgIpc) is 2.49. The zero-order chi connectivity index (χ0) is 14.8. The molecular formula is C17H15ClN2O. The minimum absolute atomic E-state index is 0.477. The zero-order valence-electron chi connectivity index (χ0n) is 11.6. The lowest BCUT2D eigenvalue weighted by Crippen LogP contribution is -2.03. The van der Waals surface area contributed by atoms with E-state index >= 15 is 0 Å². The quantitative estimate of drug-likeness (QED) is 0.798. The Bertz CT molecular complexity index is 789. The summed E-state index contributed by atoms with van der Waals surface area (Å²) >= 11 is 6.22. The van der Waals surface area contributed by atoms with Gasteiger partial charge in [0.15, 0.2) is 0 Å². The van der Waals surface area contributed by atoms with Gasteiger partial charge in [-0.15, -0.1) is 0 Å². The topological polar surface area (TPSA) is 46.0 Å². The molecule has 3 rings (SSSR count). The Balaban J connectivity index is 1.87. The third kappa shape index (κ3) is 3.04. The maximum Gasteiger partial charge on any atom is 0.0890 e. The minimum atomic E-state index is -0.614. The molecule has 1 heterocycles. The zero-order valence-corrected chi connectivity index (χ0v) is 12.4. The summed E-state index contributed by atoms with van der Waals surface area (Å²) in [7, 11) is 0. The monoisotopic (exact) mass is 298 g/mol. The van der Waals surface area contributed by atoms with Gasteiger partial charge in [-0.3, -0.25) is 9.97 Å². The van der Waals surface area contributed by atoms with E-state index in [2.05, 4.69) is 9.97 Å². The lowest BCUT2D eigenvalue weighted by atomic mass is 10.00. The summed E-state index contributed by atoms with van der Waals surface area (Å²) in [4.78, 5) is 8.48. The second-order valence-electron chi connectivity index (χ2n) is 5.12. The van der Waals surface area contributed by atoms with Crippen molar-refractivity contribution in [2.24, 2.45) is 0 Å². The van der Waals surface area contributed by atoms with Crippen molar-refractivity contribution >= 4 is 22.6 Å². The summed E-state index contributed by atoms with van der Waals surface area (Å²) in [5, 5.41) is 11.1. The highest BCUT2D eigenvalue weighted by atomic mass is 35.5. The summed E-state index contributed by atoms with van der Waals surface area (Å²) in [5.74, 6) is 0. The second-order valence-corrected chi connectivity index (χ2v) is 5.53. The van der Waals surface area contributed by atoms with Crippen molar-refractivity contribution < 1.29 is 5.11 Å². The van der Waals surface area contributed by atoms with E-state index in [1.165, 1.54) is 0 Å². The predicted molar refractivity (Wildman–Crippen MR) is 84.4 cm³/mol. The van der Waals surface area contributed by atoms with Crippen LogP contribution in [0.1, 0.15) is 22.8 Å². The molecule has 0 fully saturated rings. The fourth-order valence-corrected chi connectivity index (χ4v) is 2.64. The van der Waals surface area contributed by atoms with Gasteiger partial charge < -0.3 is 5.11 Å². The third-order valence-electron chi connectivity index (χ3n) is 3.50. The Morgan fingerprint density at radius 3 is 2.57 bits per heavy atom. The van der Waals surface area contributed by atoms with Gasteiger partial charge in [0.25, 0.3) is 0 Å². The molecule has 1 N–H and O–H groups in total. The highest BCUT2D eigenvalue weighted by molar-refractivity contribution is 6.31. The average molecular weight is 299 g/mol. The number of aryl methyl sites for hydroxylation is 1. The summed E-state index contributed by atoms with van der Waals surface area (Å²) in [6.45, 7) is 1.99. The smallest absolute Gasteiger partial charge is 0.0890 e. The van der Waals surface area contributed by atoms with Crippen LogP contribution < -0.4 is 0 Å². The molecular weight excluding hydrogens is 284 g/mol. The fourth-order valence-electron chi connectivity index (χ4n) is 2.33. The third-order valence-corrected chi connectivity index (χ3v) is 3.85. The molecule has 0 amide bonds. The van der Waals surface area contributed by atoms with Crippen LogP contribution in [0.15, 0.2) is 48.8 Å². The Hall–Kier alpha value is -1.97. The summed E-state index contributed by atoms with van der Waals surface area (Å²) in [6, 6.07) is 11.5. The van der Waals surface area contributed by atoms with Crippen LogP contribution in [0.3, 0.4) is 0 Å². The van der Waals surface area contributed by atoms with Gasteiger partial charge in [0.05, 0.1) is 17.1 Å². The molecule has 0 saturated heterocycles. The van der Waals surface area contributed by atoms with Crippen LogP contribution in [0.25, 0.3) is 11.0 Å². The standard InChI is InChI=1S/C17H15ClN2O/c1-11-2-3-12(14(18)8-11)10-17(21)13-4-5-15-16(9-13)20-7-6-19-15/h2-9,17,21H,10H2,1H3. The first-order valence-corrected chi connectivity index (χ1v) is 7.15. The lowest BCUT2D eigenvalue weighted by Gasteiger charge is -2.13. The number of halogens is 1. The largest absolute Gasteiger partial charge is 0.388 e. The molecule has 106 valence electrons. The van der Waals surface area contributed by atoms with E-state index in [4.69, 9.17) is 11.6 Å². The van der Waals surface area contributed by atoms with E-state index in [-0.39, 0.29) is 0 Å². The minimum Gasteiger partial charge on any atom is -0.388 e. The molecule has 0 aliphatic rings. The number of fused-ring (bicyclic) bond motifs is 1. The highest BCUT2D eigenvalue weighted by Gasteiger charge is 2.12. The molecule has 0 radical (unpaired) electrons. The van der Waals surface area contributed by atoms with Gasteiger partial charge in [-0.1, -0.05) is 29.8 Å². The molecule has 0 aliphatic heterocycles. The summed E-state index contributed by atoms with van der Waals surface area (Å²) in [5.41, 5.74) is 4.47. The Labute approximate surface area is 128 Å². The highest BCUT2D eigenvalue weighted by Crippen LogP contribution is 2.25. The van der Waals surface area contributed by atoms with Crippen molar-refractivity contribution in [2.75, 3.05) is 0 Å². The Kier molecular flexibility index (Phi) is 3.86. The van der Waals surface area contributed by atoms with Crippen LogP contribution in [-0.2, 0) is 6.42 Å². The van der Waals surface area contributed by atoms with E-state index in [1.54, 1.807) is 12.4 Å². The molecule has 4 heteroatoms. The van der Waals surface area contributed by atoms with Gasteiger partial charge >= 0.3 is 0 Å². The van der Waals surface area contributed by atoms with Gasteiger partial charge in [0, 0.05) is 23.8 Å². The van der Waals surface area contributed by atoms with Crippen LogP contribution in [0.4, 0.5) is 0 Å². The molecule has 3 aromatic rings. The number of benzene rings is 2. The molecule has 0 saturated carbocycles. The van der Waals surface area contributed by atoms with Gasteiger partial charge in [0.1, 0.15) is 0 Å². The molecule has 0 bridgehead atoms. The number of aliphatic hydroxyl groups is 1. The Morgan fingerprint density at radius 2 is 1.81 bits per heavy atom. The van der Waals surface area contributed by atoms with E-state index in [0.717, 1.165) is 27.7 Å². The van der Waals surface area contributed by atoms with Crippen LogP contribution in [0.2, 0.25) is 5.02 Å². The van der Waals surface area contributed by atoms with Crippen molar-refractivity contribution in [3.05, 3.63) is 70.5 Å². The van der Waals surface area contributed by atoms with Gasteiger partial charge in [-0.25, -0.2) is 0 Å². The Morgan fingerprint density at radius 1 is 1.05 bits per heavy atom. The van der Waals surface area contributed by atoms with Crippen molar-refractivity contribution in [1.29, 1.82) is 0 Å². The van der Waals surface area contributed by atoms with Crippen LogP contribution >= 0.6 is 11.6 Å². The van der Waals surface area contributed by atoms with Gasteiger partial charge in [-0.05, 0) is 41.8 Å². The van der Waals surface area contributed by atoms with Crippen molar-refractivity contribution in [1.82, 2.24) is 9.97 Å². The molecule has 1 aromatic heterocycles. The van der Waals surface area contributed by atoms with Crippen LogP contribution in [-0.4, -0.2) is 15.1 Å². The van der Waals surface area contributed by atoms with E-state index < -0.39 is 6.10 Å². The normalized spacial score (nSPS) is 12.5. The first-order chi connectivity index (χ1) is 10.1. The second kappa shape index (κ2) is 5.80. The molecule has 3 nitrogen and oxygen atoms in total. The molecule has 21 heavy (non-hydrogen) atoms. The van der Waals surface area contributed by atoms with Crippen LogP contribution in [0.5, 0.6) is 0 Å². The fraction of sp³-hybridized carbons (Fsp3) is 0.176. The predicted octanol–water partition coefficient (Wildman–Crippen LogP) is 3.87. The molecule has 0 spiro atoms. The van der Waals surface area contributed by atoms with E-state index in [9.17, 15) is 5.11 Å². The SMILES string of the molecule is Cc1ccc(CC(O)c2ccc3nccnc3c2)c(Cl)c1. The lowest BCUT2D eigenvalue weighted by molar-refractivity contribution is 0.178. The first-order valence-electron chi connectivity index (χ1n) is 6.77. The van der Waals surface area contributed by atoms with Gasteiger partial charge in [0.2, 0.25) is 0 Å². The van der Waals surface area contributed by atoms with E-state index in [0.29, 0.717) is 11.4 Å². The van der Waals surface area contributed by atoms with Crippen molar-refractivity contribution in [3.8, 4) is 0 Å². The number of nitrogens with zero attached hydrogens (tertiary/aromatic N) is 2. The van der Waals surface area contributed by atoms with Crippen molar-refractivity contribution in [3.63, 3.8) is 0 Å². The maximum absolute atomic E-state index is 10.4. The number of aliphatic hydroxyl groups excluding tert-OH is 1. The summed E-state index contributed by atoms with van der Waals surface area (Å²) in [6.07, 6.45) is 3.17. The maximum atomic E-state index is 10.4. The molecule has 1 atom stereocenters. The number of hydrogen-bond donors (Lipinski definition) is 1. The van der Waals surface area contributed by atoms with E-state index in [1.807, 2.05) is 43.3 Å². The number of hydrogen-bond acceptors (Lipinski definition) is 3. The first kappa shape index (κ1) is 14.0. The molecule has 0 aliphatic carbocycles. The van der Waals surface area contributed by atoms with Gasteiger partial charge in [-0.2, -0.15) is 0 Å². The summed E-state index contributed by atoms with van der Waals surface area (Å²) < 4.78 is 0. The number of rotatable bonds is 3. The van der Waals surface area contributed by atoms with Crippen LogP contribution in [0, 0.1) is 6.92 Å². The molecule has 2 aromatic carbocycles. The molecule has 1 unspecified atom stereocenters. The van der Waals surface area contributed by atoms with Crippen molar-refractivity contribution in [2.45, 2.75) is 19.4 Å².